The molecule has 0 aliphatic carbocycles. The third-order valence-corrected chi connectivity index (χ3v) is 5.69. The summed E-state index contributed by atoms with van der Waals surface area (Å²) in [6, 6.07) is 12.7. The van der Waals surface area contributed by atoms with Crippen LogP contribution in [0.25, 0.3) is 0 Å². The summed E-state index contributed by atoms with van der Waals surface area (Å²) < 4.78 is 0. The normalized spacial score (nSPS) is 20.9. The van der Waals surface area contributed by atoms with Gasteiger partial charge in [0.15, 0.2) is 0 Å². The van der Waals surface area contributed by atoms with Gasteiger partial charge in [0, 0.05) is 26.2 Å². The van der Waals surface area contributed by atoms with Gasteiger partial charge < -0.3 is 10.0 Å². The fraction of sp³-hybridized carbons (Fsp3) is 0.364. The zero-order chi connectivity index (χ0) is 19.8. The molecule has 1 atom stereocenters. The summed E-state index contributed by atoms with van der Waals surface area (Å²) in [6.07, 6.45) is 0.225. The van der Waals surface area contributed by atoms with Crippen LogP contribution in [-0.2, 0) is 9.59 Å². The van der Waals surface area contributed by atoms with Crippen LogP contribution in [0.2, 0.25) is 0 Å². The van der Waals surface area contributed by atoms with Crippen molar-refractivity contribution < 1.29 is 14.7 Å². The fourth-order valence-corrected chi connectivity index (χ4v) is 4.22. The molecule has 2 aliphatic heterocycles. The van der Waals surface area contributed by atoms with Gasteiger partial charge in [0.25, 0.3) is 5.91 Å². The number of hydrogen-bond donors (Lipinski definition) is 1. The van der Waals surface area contributed by atoms with E-state index in [-0.39, 0.29) is 24.0 Å². The summed E-state index contributed by atoms with van der Waals surface area (Å²) in [5, 5.41) is 10.1. The number of rotatable bonds is 3. The van der Waals surface area contributed by atoms with Crippen molar-refractivity contribution in [1.29, 1.82) is 0 Å². The van der Waals surface area contributed by atoms with Gasteiger partial charge in [0.1, 0.15) is 5.75 Å². The molecular formula is C22H25N3O3. The molecule has 0 spiro atoms. The molecule has 6 heteroatoms. The van der Waals surface area contributed by atoms with Gasteiger partial charge in [-0.2, -0.15) is 0 Å². The molecular weight excluding hydrogens is 354 g/mol. The summed E-state index contributed by atoms with van der Waals surface area (Å²) >= 11 is 0. The van der Waals surface area contributed by atoms with E-state index in [4.69, 9.17) is 0 Å². The van der Waals surface area contributed by atoms with E-state index < -0.39 is 6.04 Å². The van der Waals surface area contributed by atoms with Crippen LogP contribution in [0.3, 0.4) is 0 Å². The van der Waals surface area contributed by atoms with Gasteiger partial charge in [0.05, 0.1) is 23.8 Å². The van der Waals surface area contributed by atoms with E-state index in [1.165, 1.54) is 4.90 Å². The standard InChI is InChI=1S/C22H25N3O3/c1-15-7-8-17(16(2)13-15)25-21(27)14-19(22(25)28)24-11-9-23(10-12-24)18-5-3-4-6-20(18)26/h3-8,13,19,26H,9-12,14H2,1-2H3/t19-/m1/s1. The number of aryl methyl sites for hydroxylation is 2. The third kappa shape index (κ3) is 3.24. The van der Waals surface area contributed by atoms with E-state index >= 15 is 0 Å². The van der Waals surface area contributed by atoms with Crippen molar-refractivity contribution in [2.24, 2.45) is 0 Å². The van der Waals surface area contributed by atoms with Crippen molar-refractivity contribution in [1.82, 2.24) is 4.90 Å². The molecule has 6 nitrogen and oxygen atoms in total. The molecule has 1 N–H and O–H groups in total. The largest absolute Gasteiger partial charge is 0.506 e. The molecule has 0 saturated carbocycles. The van der Waals surface area contributed by atoms with Crippen LogP contribution < -0.4 is 9.80 Å². The van der Waals surface area contributed by atoms with Crippen molar-refractivity contribution in [3.8, 4) is 5.75 Å². The quantitative estimate of drug-likeness (QED) is 0.830. The fourth-order valence-electron chi connectivity index (χ4n) is 4.22. The lowest BCUT2D eigenvalue weighted by Crippen LogP contribution is -2.52. The molecule has 0 bridgehead atoms. The highest BCUT2D eigenvalue weighted by atomic mass is 16.3. The molecule has 2 heterocycles. The number of anilines is 2. The van der Waals surface area contributed by atoms with Crippen molar-refractivity contribution in [2.45, 2.75) is 26.3 Å². The first kappa shape index (κ1) is 18.5. The lowest BCUT2D eigenvalue weighted by molar-refractivity contribution is -0.123. The Morgan fingerprint density at radius 2 is 1.64 bits per heavy atom. The Bertz CT molecular complexity index is 919. The van der Waals surface area contributed by atoms with Crippen molar-refractivity contribution in [2.75, 3.05) is 36.0 Å². The maximum absolute atomic E-state index is 13.1. The molecule has 2 aromatic carbocycles. The minimum Gasteiger partial charge on any atom is -0.506 e. The van der Waals surface area contributed by atoms with E-state index in [9.17, 15) is 14.7 Å². The molecule has 2 fully saturated rings. The van der Waals surface area contributed by atoms with Crippen LogP contribution in [0.5, 0.6) is 5.75 Å². The predicted octanol–water partition coefficient (Wildman–Crippen LogP) is 2.46. The monoisotopic (exact) mass is 379 g/mol. The molecule has 0 unspecified atom stereocenters. The van der Waals surface area contributed by atoms with Gasteiger partial charge in [-0.3, -0.25) is 14.5 Å². The van der Waals surface area contributed by atoms with Crippen LogP contribution in [0.15, 0.2) is 42.5 Å². The zero-order valence-corrected chi connectivity index (χ0v) is 16.3. The number of carbonyl (C=O) groups excluding carboxylic acids is 2. The number of nitrogens with zero attached hydrogens (tertiary/aromatic N) is 3. The lowest BCUT2D eigenvalue weighted by Gasteiger charge is -2.38. The highest BCUT2D eigenvalue weighted by Gasteiger charge is 2.43. The highest BCUT2D eigenvalue weighted by molar-refractivity contribution is 6.22. The smallest absolute Gasteiger partial charge is 0.251 e. The number of benzene rings is 2. The first-order chi connectivity index (χ1) is 13.5. The van der Waals surface area contributed by atoms with Crippen LogP contribution in [0.4, 0.5) is 11.4 Å². The minimum absolute atomic E-state index is 0.132. The molecule has 28 heavy (non-hydrogen) atoms. The van der Waals surface area contributed by atoms with Gasteiger partial charge in [-0.15, -0.1) is 0 Å². The first-order valence-electron chi connectivity index (χ1n) is 9.67. The van der Waals surface area contributed by atoms with E-state index in [1.54, 1.807) is 12.1 Å². The maximum Gasteiger partial charge on any atom is 0.251 e. The second kappa shape index (κ2) is 7.28. The number of para-hydroxylation sites is 2. The lowest BCUT2D eigenvalue weighted by atomic mass is 10.1. The molecule has 146 valence electrons. The summed E-state index contributed by atoms with van der Waals surface area (Å²) in [6.45, 7) is 6.70. The second-order valence-corrected chi connectivity index (χ2v) is 7.59. The number of phenols is 1. The molecule has 4 rings (SSSR count). The Morgan fingerprint density at radius 3 is 2.32 bits per heavy atom. The number of carbonyl (C=O) groups is 2. The summed E-state index contributed by atoms with van der Waals surface area (Å²) in [5.41, 5.74) is 3.55. The van der Waals surface area contributed by atoms with Crippen molar-refractivity contribution >= 4 is 23.2 Å². The van der Waals surface area contributed by atoms with E-state index in [2.05, 4.69) is 9.80 Å². The number of imide groups is 1. The van der Waals surface area contributed by atoms with Crippen molar-refractivity contribution in [3.63, 3.8) is 0 Å². The Labute approximate surface area is 165 Å². The molecule has 0 aromatic heterocycles. The average molecular weight is 379 g/mol. The Morgan fingerprint density at radius 1 is 0.929 bits per heavy atom. The van der Waals surface area contributed by atoms with Crippen LogP contribution in [-0.4, -0.2) is 54.0 Å². The molecule has 2 aliphatic rings. The van der Waals surface area contributed by atoms with E-state index in [1.807, 2.05) is 44.2 Å². The Hall–Kier alpha value is -2.86. The third-order valence-electron chi connectivity index (χ3n) is 5.69. The number of amides is 2. The van der Waals surface area contributed by atoms with Gasteiger partial charge in [-0.1, -0.05) is 29.8 Å². The number of hydrogen-bond acceptors (Lipinski definition) is 5. The topological polar surface area (TPSA) is 64.1 Å². The zero-order valence-electron chi connectivity index (χ0n) is 16.3. The van der Waals surface area contributed by atoms with Gasteiger partial charge in [-0.25, -0.2) is 4.90 Å². The van der Waals surface area contributed by atoms with Gasteiger partial charge in [0.2, 0.25) is 5.91 Å². The average Bonchev–Trinajstić information content (AvgIpc) is 2.97. The number of piperazine rings is 1. The maximum atomic E-state index is 13.1. The molecule has 0 radical (unpaired) electrons. The van der Waals surface area contributed by atoms with Crippen LogP contribution in [0, 0.1) is 13.8 Å². The molecule has 2 aromatic rings. The van der Waals surface area contributed by atoms with Gasteiger partial charge in [-0.05, 0) is 37.6 Å². The summed E-state index contributed by atoms with van der Waals surface area (Å²) in [7, 11) is 0. The number of phenolic OH excluding ortho intramolecular Hbond substituents is 1. The van der Waals surface area contributed by atoms with Crippen molar-refractivity contribution in [3.05, 3.63) is 53.6 Å². The second-order valence-electron chi connectivity index (χ2n) is 7.59. The van der Waals surface area contributed by atoms with E-state index in [0.717, 1.165) is 16.8 Å². The molecule has 2 amide bonds. The van der Waals surface area contributed by atoms with Crippen LogP contribution in [0.1, 0.15) is 17.5 Å². The minimum atomic E-state index is -0.403. The summed E-state index contributed by atoms with van der Waals surface area (Å²) in [5.74, 6) is 0.00198. The van der Waals surface area contributed by atoms with Gasteiger partial charge >= 0.3 is 0 Å². The SMILES string of the molecule is Cc1ccc(N2C(=O)C[C@@H](N3CCN(c4ccccc4O)CC3)C2=O)c(C)c1. The predicted molar refractivity (Wildman–Crippen MR) is 109 cm³/mol. The molecule has 2 saturated heterocycles. The Balaban J connectivity index is 1.47. The Kier molecular flexibility index (Phi) is 4.81. The highest BCUT2D eigenvalue weighted by Crippen LogP contribution is 2.31. The number of aromatic hydroxyl groups is 1. The first-order valence-corrected chi connectivity index (χ1v) is 9.67. The summed E-state index contributed by atoms with van der Waals surface area (Å²) in [4.78, 5) is 31.3. The van der Waals surface area contributed by atoms with Crippen LogP contribution >= 0.6 is 0 Å². The van der Waals surface area contributed by atoms with E-state index in [0.29, 0.717) is 31.9 Å².